The third-order valence-corrected chi connectivity index (χ3v) is 3.79. The van der Waals surface area contributed by atoms with Gasteiger partial charge in [0.2, 0.25) is 0 Å². The van der Waals surface area contributed by atoms with Gasteiger partial charge in [0.05, 0.1) is 11.4 Å². The van der Waals surface area contributed by atoms with Crippen LogP contribution in [-0.2, 0) is 0 Å². The topological polar surface area (TPSA) is 15.3 Å². The number of hydrogen-bond acceptors (Lipinski definition) is 2. The molecule has 2 aromatic rings. The zero-order chi connectivity index (χ0) is 12.5. The van der Waals surface area contributed by atoms with Gasteiger partial charge in [-0.05, 0) is 36.8 Å². The third-order valence-electron chi connectivity index (χ3n) is 3.38. The Bertz CT molecular complexity index is 580. The number of benzene rings is 2. The summed E-state index contributed by atoms with van der Waals surface area (Å²) in [5.74, 6) is 0. The lowest BCUT2D eigenvalue weighted by Gasteiger charge is -2.33. The monoisotopic (exact) mass is 258 g/mol. The van der Waals surface area contributed by atoms with Gasteiger partial charge in [-0.3, -0.25) is 0 Å². The molecule has 2 aromatic carbocycles. The highest BCUT2D eigenvalue weighted by molar-refractivity contribution is 6.31. The smallest absolute Gasteiger partial charge is 0.0647 e. The minimum Gasteiger partial charge on any atom is -0.382 e. The summed E-state index contributed by atoms with van der Waals surface area (Å²) in [5.41, 5.74) is 4.73. The molecule has 1 heterocycles. The number of nitrogens with zero attached hydrogens (tertiary/aromatic N) is 1. The van der Waals surface area contributed by atoms with Crippen LogP contribution in [0.3, 0.4) is 0 Å². The van der Waals surface area contributed by atoms with E-state index in [9.17, 15) is 0 Å². The van der Waals surface area contributed by atoms with Crippen LogP contribution in [-0.4, -0.2) is 13.1 Å². The van der Waals surface area contributed by atoms with Crippen LogP contribution in [0.5, 0.6) is 0 Å². The number of fused-ring (bicyclic) bond motifs is 1. The van der Waals surface area contributed by atoms with Gasteiger partial charge in [0.1, 0.15) is 0 Å². The molecule has 1 aliphatic rings. The fraction of sp³-hybridized carbons (Fsp3) is 0.200. The van der Waals surface area contributed by atoms with Crippen molar-refractivity contribution in [2.75, 3.05) is 23.3 Å². The van der Waals surface area contributed by atoms with E-state index in [1.165, 1.54) is 17.1 Å². The zero-order valence-electron chi connectivity index (χ0n) is 10.3. The molecular weight excluding hydrogens is 244 g/mol. The summed E-state index contributed by atoms with van der Waals surface area (Å²) in [5, 5.41) is 4.24. The van der Waals surface area contributed by atoms with Crippen LogP contribution in [0.4, 0.5) is 17.1 Å². The van der Waals surface area contributed by atoms with Gasteiger partial charge in [-0.1, -0.05) is 29.8 Å². The minimum absolute atomic E-state index is 0.823. The van der Waals surface area contributed by atoms with Crippen LogP contribution in [0.1, 0.15) is 5.56 Å². The summed E-state index contributed by atoms with van der Waals surface area (Å²) in [6, 6.07) is 14.5. The van der Waals surface area contributed by atoms with E-state index in [4.69, 9.17) is 11.6 Å². The Hall–Kier alpha value is -1.67. The molecule has 1 N–H and O–H groups in total. The Labute approximate surface area is 112 Å². The number of para-hydroxylation sites is 2. The SMILES string of the molecule is Cc1c(Cl)cccc1N1CCNc2ccccc21. The Morgan fingerprint density at radius 3 is 2.72 bits per heavy atom. The largest absolute Gasteiger partial charge is 0.382 e. The summed E-state index contributed by atoms with van der Waals surface area (Å²) >= 11 is 6.22. The van der Waals surface area contributed by atoms with Crippen molar-refractivity contribution in [2.24, 2.45) is 0 Å². The van der Waals surface area contributed by atoms with E-state index in [2.05, 4.69) is 47.5 Å². The second-order valence-corrected chi connectivity index (χ2v) is 4.89. The van der Waals surface area contributed by atoms with E-state index in [-0.39, 0.29) is 0 Å². The highest BCUT2D eigenvalue weighted by atomic mass is 35.5. The zero-order valence-corrected chi connectivity index (χ0v) is 11.0. The molecule has 0 bridgehead atoms. The fourth-order valence-corrected chi connectivity index (χ4v) is 2.59. The molecule has 0 unspecified atom stereocenters. The van der Waals surface area contributed by atoms with Crippen molar-refractivity contribution in [1.29, 1.82) is 0 Å². The minimum atomic E-state index is 0.823. The van der Waals surface area contributed by atoms with Gasteiger partial charge in [0.15, 0.2) is 0 Å². The van der Waals surface area contributed by atoms with Gasteiger partial charge in [-0.2, -0.15) is 0 Å². The first-order valence-electron chi connectivity index (χ1n) is 6.13. The quantitative estimate of drug-likeness (QED) is 0.824. The van der Waals surface area contributed by atoms with Crippen molar-refractivity contribution in [3.8, 4) is 0 Å². The van der Waals surface area contributed by atoms with E-state index in [0.717, 1.165) is 23.7 Å². The lowest BCUT2D eigenvalue weighted by atomic mass is 10.1. The Kier molecular flexibility index (Phi) is 2.88. The first-order valence-corrected chi connectivity index (χ1v) is 6.51. The van der Waals surface area contributed by atoms with Crippen LogP contribution in [0.15, 0.2) is 42.5 Å². The van der Waals surface area contributed by atoms with Crippen LogP contribution in [0, 0.1) is 6.92 Å². The second kappa shape index (κ2) is 4.54. The summed E-state index contributed by atoms with van der Waals surface area (Å²) < 4.78 is 0. The Balaban J connectivity index is 2.11. The Morgan fingerprint density at radius 2 is 1.83 bits per heavy atom. The lowest BCUT2D eigenvalue weighted by Crippen LogP contribution is -2.30. The third kappa shape index (κ3) is 1.83. The lowest BCUT2D eigenvalue weighted by molar-refractivity contribution is 0.923. The number of nitrogens with one attached hydrogen (secondary N) is 1. The highest BCUT2D eigenvalue weighted by Crippen LogP contribution is 2.37. The molecule has 0 amide bonds. The second-order valence-electron chi connectivity index (χ2n) is 4.48. The van der Waals surface area contributed by atoms with Crippen LogP contribution in [0.25, 0.3) is 0 Å². The molecule has 0 spiro atoms. The van der Waals surface area contributed by atoms with Gasteiger partial charge < -0.3 is 10.2 Å². The van der Waals surface area contributed by atoms with Crippen LogP contribution < -0.4 is 10.2 Å². The average Bonchev–Trinajstić information content (AvgIpc) is 2.41. The van der Waals surface area contributed by atoms with Gasteiger partial charge in [0.25, 0.3) is 0 Å². The number of anilines is 3. The maximum absolute atomic E-state index is 6.22. The molecule has 0 saturated carbocycles. The molecule has 3 heteroatoms. The molecule has 0 aromatic heterocycles. The van der Waals surface area contributed by atoms with E-state index in [1.807, 2.05) is 12.1 Å². The summed E-state index contributed by atoms with van der Waals surface area (Å²) in [7, 11) is 0. The predicted octanol–water partition coefficient (Wildman–Crippen LogP) is 4.21. The predicted molar refractivity (Wildman–Crippen MR) is 78.1 cm³/mol. The number of halogens is 1. The van der Waals surface area contributed by atoms with Crippen LogP contribution in [0.2, 0.25) is 5.02 Å². The van der Waals surface area contributed by atoms with Gasteiger partial charge >= 0.3 is 0 Å². The molecule has 0 radical (unpaired) electrons. The first-order chi connectivity index (χ1) is 8.77. The van der Waals surface area contributed by atoms with Crippen LogP contribution >= 0.6 is 11.6 Å². The molecular formula is C15H15ClN2. The average molecular weight is 259 g/mol. The molecule has 0 saturated heterocycles. The van der Waals surface area contributed by atoms with E-state index in [0.29, 0.717) is 0 Å². The molecule has 92 valence electrons. The number of rotatable bonds is 1. The van der Waals surface area contributed by atoms with Gasteiger partial charge in [-0.25, -0.2) is 0 Å². The fourth-order valence-electron chi connectivity index (χ4n) is 2.42. The van der Waals surface area contributed by atoms with Crippen molar-refractivity contribution < 1.29 is 0 Å². The maximum atomic E-state index is 6.22. The number of hydrogen-bond donors (Lipinski definition) is 1. The van der Waals surface area contributed by atoms with Gasteiger partial charge in [0, 0.05) is 23.8 Å². The maximum Gasteiger partial charge on any atom is 0.0647 e. The molecule has 3 rings (SSSR count). The highest BCUT2D eigenvalue weighted by Gasteiger charge is 2.19. The standard InChI is InChI=1S/C15H15ClN2/c1-11-12(16)5-4-8-14(11)18-10-9-17-13-6-2-3-7-15(13)18/h2-8,17H,9-10H2,1H3. The van der Waals surface area contributed by atoms with Crippen molar-refractivity contribution in [1.82, 2.24) is 0 Å². The van der Waals surface area contributed by atoms with Crippen molar-refractivity contribution in [3.63, 3.8) is 0 Å². The van der Waals surface area contributed by atoms with E-state index >= 15 is 0 Å². The molecule has 1 aliphatic heterocycles. The molecule has 0 atom stereocenters. The van der Waals surface area contributed by atoms with Gasteiger partial charge in [-0.15, -0.1) is 0 Å². The summed E-state index contributed by atoms with van der Waals surface area (Å²) in [6.07, 6.45) is 0. The molecule has 18 heavy (non-hydrogen) atoms. The van der Waals surface area contributed by atoms with Crippen molar-refractivity contribution >= 4 is 28.7 Å². The van der Waals surface area contributed by atoms with E-state index < -0.39 is 0 Å². The Morgan fingerprint density at radius 1 is 1.06 bits per heavy atom. The van der Waals surface area contributed by atoms with E-state index in [1.54, 1.807) is 0 Å². The van der Waals surface area contributed by atoms with Crippen molar-refractivity contribution in [3.05, 3.63) is 53.1 Å². The molecule has 0 aliphatic carbocycles. The van der Waals surface area contributed by atoms with Crippen molar-refractivity contribution in [2.45, 2.75) is 6.92 Å². The molecule has 0 fully saturated rings. The summed E-state index contributed by atoms with van der Waals surface area (Å²) in [6.45, 7) is 3.98. The first kappa shape index (κ1) is 11.4. The summed E-state index contributed by atoms with van der Waals surface area (Å²) in [4.78, 5) is 2.33. The molecule has 2 nitrogen and oxygen atoms in total. The normalized spacial score (nSPS) is 14.0.